The molecule has 1 atom stereocenters. The number of hydrogen-bond donors (Lipinski definition) is 2. The highest BCUT2D eigenvalue weighted by Crippen LogP contribution is 2.31. The Labute approximate surface area is 201 Å². The van der Waals surface area contributed by atoms with Crippen molar-refractivity contribution in [3.8, 4) is 11.5 Å². The topological polar surface area (TPSA) is 67.2 Å². The molecule has 4 rings (SSSR count). The van der Waals surface area contributed by atoms with Gasteiger partial charge in [-0.1, -0.05) is 43.6 Å². The molecule has 0 aliphatic heterocycles. The average Bonchev–Trinajstić information content (AvgIpc) is 3.23. The van der Waals surface area contributed by atoms with E-state index in [0.717, 1.165) is 11.9 Å². The van der Waals surface area contributed by atoms with Crippen LogP contribution in [0.5, 0.6) is 0 Å². The van der Waals surface area contributed by atoms with E-state index >= 15 is 0 Å². The van der Waals surface area contributed by atoms with Crippen molar-refractivity contribution < 1.29 is 13.6 Å². The highest BCUT2D eigenvalue weighted by Gasteiger charge is 2.15. The fourth-order valence-corrected chi connectivity index (χ4v) is 3.70. The van der Waals surface area contributed by atoms with Gasteiger partial charge in [-0.05, 0) is 72.6 Å². The third-order valence-electron chi connectivity index (χ3n) is 5.40. The second-order valence-corrected chi connectivity index (χ2v) is 8.45. The van der Waals surface area contributed by atoms with Gasteiger partial charge in [0, 0.05) is 5.56 Å². The quantitative estimate of drug-likeness (QED) is 0.302. The summed E-state index contributed by atoms with van der Waals surface area (Å²) in [4.78, 5) is 16.9. The zero-order valence-electron chi connectivity index (χ0n) is 18.0. The molecular weight excluding hydrogens is 461 g/mol. The number of hydrogen-bond acceptors (Lipinski definition) is 4. The van der Waals surface area contributed by atoms with Crippen molar-refractivity contribution in [2.45, 2.75) is 26.2 Å². The van der Waals surface area contributed by atoms with E-state index in [-0.39, 0.29) is 10.7 Å². The molecule has 0 radical (unpaired) electrons. The van der Waals surface area contributed by atoms with Crippen molar-refractivity contribution in [1.29, 1.82) is 0 Å². The SMILES string of the molecule is CC[C@H](C)c1ccc2oc(-c3ccc(Cl)c(NC(=S)NC(=O)c4ccccc4F)c3)nc2c1. The number of amides is 1. The lowest BCUT2D eigenvalue weighted by Crippen LogP contribution is -2.34. The van der Waals surface area contributed by atoms with Crippen molar-refractivity contribution >= 4 is 51.6 Å². The molecule has 8 heteroatoms. The van der Waals surface area contributed by atoms with E-state index in [2.05, 4.69) is 35.5 Å². The van der Waals surface area contributed by atoms with Gasteiger partial charge >= 0.3 is 0 Å². The fourth-order valence-electron chi connectivity index (χ4n) is 3.33. The number of anilines is 1. The van der Waals surface area contributed by atoms with Crippen LogP contribution in [-0.4, -0.2) is 16.0 Å². The number of thiocarbonyl (C=S) groups is 1. The molecule has 2 N–H and O–H groups in total. The Balaban J connectivity index is 1.55. The minimum Gasteiger partial charge on any atom is -0.436 e. The lowest BCUT2D eigenvalue weighted by atomic mass is 9.98. The van der Waals surface area contributed by atoms with Crippen LogP contribution in [-0.2, 0) is 0 Å². The van der Waals surface area contributed by atoms with E-state index in [4.69, 9.17) is 28.2 Å². The predicted octanol–water partition coefficient (Wildman–Crippen LogP) is 6.93. The summed E-state index contributed by atoms with van der Waals surface area (Å²) in [5, 5.41) is 5.71. The van der Waals surface area contributed by atoms with Crippen LogP contribution < -0.4 is 10.6 Å². The van der Waals surface area contributed by atoms with Crippen molar-refractivity contribution in [3.63, 3.8) is 0 Å². The van der Waals surface area contributed by atoms with Crippen LogP contribution >= 0.6 is 23.8 Å². The summed E-state index contributed by atoms with van der Waals surface area (Å²) in [5.41, 5.74) is 3.71. The number of nitrogens with one attached hydrogen (secondary N) is 2. The molecule has 4 aromatic rings. The molecule has 0 fully saturated rings. The van der Waals surface area contributed by atoms with Crippen LogP contribution in [0.4, 0.5) is 10.1 Å². The second-order valence-electron chi connectivity index (χ2n) is 7.64. The van der Waals surface area contributed by atoms with Gasteiger partial charge in [0.15, 0.2) is 10.7 Å². The molecular formula is C25H21ClFN3O2S. The van der Waals surface area contributed by atoms with Crippen LogP contribution in [0, 0.1) is 5.82 Å². The summed E-state index contributed by atoms with van der Waals surface area (Å²) in [6.07, 6.45) is 1.04. The third-order valence-corrected chi connectivity index (χ3v) is 5.93. The zero-order chi connectivity index (χ0) is 23.5. The molecule has 0 unspecified atom stereocenters. The first-order valence-electron chi connectivity index (χ1n) is 10.4. The molecule has 0 saturated heterocycles. The zero-order valence-corrected chi connectivity index (χ0v) is 19.6. The van der Waals surface area contributed by atoms with E-state index in [1.807, 2.05) is 12.1 Å². The van der Waals surface area contributed by atoms with Gasteiger partial charge in [0.2, 0.25) is 5.89 Å². The maximum Gasteiger partial charge on any atom is 0.260 e. The standard InChI is InChI=1S/C25H21ClFN3O2S/c1-3-14(2)15-9-11-22-21(12-15)28-24(32-22)16-8-10-18(26)20(13-16)29-25(33)30-23(31)17-6-4-5-7-19(17)27/h4-14H,3H2,1-2H3,(H2,29,30,31,33)/t14-/m0/s1. The van der Waals surface area contributed by atoms with E-state index in [1.165, 1.54) is 23.8 Å². The van der Waals surface area contributed by atoms with Crippen molar-refractivity contribution in [2.75, 3.05) is 5.32 Å². The number of halogens is 2. The van der Waals surface area contributed by atoms with Gasteiger partial charge < -0.3 is 9.73 Å². The van der Waals surface area contributed by atoms with Gasteiger partial charge in [0.1, 0.15) is 11.3 Å². The van der Waals surface area contributed by atoms with Gasteiger partial charge in [-0.3, -0.25) is 10.1 Å². The summed E-state index contributed by atoms with van der Waals surface area (Å²) in [7, 11) is 0. The van der Waals surface area contributed by atoms with E-state index < -0.39 is 11.7 Å². The van der Waals surface area contributed by atoms with E-state index in [0.29, 0.717) is 33.7 Å². The summed E-state index contributed by atoms with van der Waals surface area (Å²) in [6.45, 7) is 4.32. The minimum atomic E-state index is -0.658. The van der Waals surface area contributed by atoms with Crippen LogP contribution in [0.15, 0.2) is 65.1 Å². The normalized spacial score (nSPS) is 11.9. The van der Waals surface area contributed by atoms with Crippen molar-refractivity contribution in [2.24, 2.45) is 0 Å². The summed E-state index contributed by atoms with van der Waals surface area (Å²) < 4.78 is 19.8. The van der Waals surface area contributed by atoms with E-state index in [1.54, 1.807) is 24.3 Å². The van der Waals surface area contributed by atoms with Crippen LogP contribution in [0.1, 0.15) is 42.1 Å². The van der Waals surface area contributed by atoms with Crippen LogP contribution in [0.2, 0.25) is 5.02 Å². The molecule has 0 saturated carbocycles. The molecule has 0 bridgehead atoms. The Morgan fingerprint density at radius 2 is 1.97 bits per heavy atom. The molecule has 0 spiro atoms. The van der Waals surface area contributed by atoms with Gasteiger partial charge in [0.25, 0.3) is 5.91 Å². The first-order chi connectivity index (χ1) is 15.9. The number of carbonyl (C=O) groups excluding carboxylic acids is 1. The van der Waals surface area contributed by atoms with Crippen LogP contribution in [0.25, 0.3) is 22.6 Å². The van der Waals surface area contributed by atoms with Gasteiger partial charge in [-0.25, -0.2) is 9.37 Å². The van der Waals surface area contributed by atoms with Crippen LogP contribution in [0.3, 0.4) is 0 Å². The monoisotopic (exact) mass is 481 g/mol. The Hall–Kier alpha value is -3.29. The number of nitrogens with zero attached hydrogens (tertiary/aromatic N) is 1. The van der Waals surface area contributed by atoms with Gasteiger partial charge in [-0.15, -0.1) is 0 Å². The fraction of sp³-hybridized carbons (Fsp3) is 0.160. The predicted molar refractivity (Wildman–Crippen MR) is 133 cm³/mol. The summed E-state index contributed by atoms with van der Waals surface area (Å²) in [6, 6.07) is 16.9. The second kappa shape index (κ2) is 9.68. The Bertz CT molecular complexity index is 1350. The van der Waals surface area contributed by atoms with E-state index in [9.17, 15) is 9.18 Å². The summed E-state index contributed by atoms with van der Waals surface area (Å²) >= 11 is 11.5. The number of rotatable bonds is 5. The Kier molecular flexibility index (Phi) is 6.72. The van der Waals surface area contributed by atoms with Crippen molar-refractivity contribution in [1.82, 2.24) is 10.3 Å². The van der Waals surface area contributed by atoms with Gasteiger partial charge in [0.05, 0.1) is 16.3 Å². The lowest BCUT2D eigenvalue weighted by Gasteiger charge is -2.12. The molecule has 0 aliphatic rings. The Morgan fingerprint density at radius 1 is 1.18 bits per heavy atom. The van der Waals surface area contributed by atoms with Crippen molar-refractivity contribution in [3.05, 3.63) is 82.6 Å². The molecule has 33 heavy (non-hydrogen) atoms. The molecule has 1 aromatic heterocycles. The summed E-state index contributed by atoms with van der Waals surface area (Å²) in [5.74, 6) is -0.423. The Morgan fingerprint density at radius 3 is 2.73 bits per heavy atom. The third kappa shape index (κ3) is 5.05. The highest BCUT2D eigenvalue weighted by atomic mass is 35.5. The molecule has 0 aliphatic carbocycles. The average molecular weight is 482 g/mol. The highest BCUT2D eigenvalue weighted by molar-refractivity contribution is 7.80. The number of benzene rings is 3. The number of fused-ring (bicyclic) bond motifs is 1. The lowest BCUT2D eigenvalue weighted by molar-refractivity contribution is 0.0974. The first-order valence-corrected chi connectivity index (χ1v) is 11.2. The maximum atomic E-state index is 13.8. The minimum absolute atomic E-state index is 0.0157. The largest absolute Gasteiger partial charge is 0.436 e. The smallest absolute Gasteiger partial charge is 0.260 e. The molecule has 168 valence electrons. The number of carbonyl (C=O) groups is 1. The molecule has 5 nitrogen and oxygen atoms in total. The number of oxazole rings is 1. The molecule has 3 aromatic carbocycles. The molecule has 1 heterocycles. The first kappa shape index (κ1) is 22.9. The van der Waals surface area contributed by atoms with Gasteiger partial charge in [-0.2, -0.15) is 0 Å². The molecule has 1 amide bonds. The number of aromatic nitrogens is 1. The maximum absolute atomic E-state index is 13.8.